The molecule has 0 bridgehead atoms. The van der Waals surface area contributed by atoms with Crippen LogP contribution in [0, 0.1) is 10.1 Å². The number of benzene rings is 1. The van der Waals surface area contributed by atoms with Crippen LogP contribution in [0.5, 0.6) is 0 Å². The van der Waals surface area contributed by atoms with Crippen molar-refractivity contribution in [2.45, 2.75) is 6.54 Å². The quantitative estimate of drug-likeness (QED) is 0.501. The number of nitro benzene ring substituents is 1. The van der Waals surface area contributed by atoms with E-state index in [0.29, 0.717) is 5.69 Å². The van der Waals surface area contributed by atoms with E-state index in [2.05, 4.69) is 15.5 Å². The van der Waals surface area contributed by atoms with E-state index in [-0.39, 0.29) is 28.5 Å². The molecule has 1 aromatic heterocycles. The molecule has 21 heavy (non-hydrogen) atoms. The number of nitrogens with zero attached hydrogens (tertiary/aromatic N) is 3. The summed E-state index contributed by atoms with van der Waals surface area (Å²) in [6.45, 7) is 0.117. The molecule has 1 aromatic carbocycles. The Morgan fingerprint density at radius 2 is 2.24 bits per heavy atom. The Hall–Kier alpha value is -2.74. The predicted molar refractivity (Wildman–Crippen MR) is 75.7 cm³/mol. The van der Waals surface area contributed by atoms with Gasteiger partial charge in [0, 0.05) is 18.3 Å². The lowest BCUT2D eigenvalue weighted by atomic mass is 10.1. The van der Waals surface area contributed by atoms with Gasteiger partial charge in [-0.1, -0.05) is 11.6 Å². The lowest BCUT2D eigenvalue weighted by molar-refractivity contribution is -0.384. The fraction of sp³-hybridized carbons (Fsp3) is 0.0833. The maximum Gasteiger partial charge on any atom is 0.271 e. The van der Waals surface area contributed by atoms with Gasteiger partial charge in [0.1, 0.15) is 0 Å². The number of amides is 1. The van der Waals surface area contributed by atoms with Crippen molar-refractivity contribution in [3.63, 3.8) is 0 Å². The zero-order valence-electron chi connectivity index (χ0n) is 10.6. The molecule has 0 saturated heterocycles. The van der Waals surface area contributed by atoms with Gasteiger partial charge in [0.05, 0.1) is 33.4 Å². The number of nitrogens with two attached hydrogens (primary N) is 1. The van der Waals surface area contributed by atoms with Crippen LogP contribution < -0.4 is 11.1 Å². The van der Waals surface area contributed by atoms with Crippen molar-refractivity contribution in [1.29, 1.82) is 0 Å². The second kappa shape index (κ2) is 6.14. The van der Waals surface area contributed by atoms with E-state index in [0.717, 1.165) is 12.1 Å². The fourth-order valence-corrected chi connectivity index (χ4v) is 1.80. The predicted octanol–water partition coefficient (Wildman–Crippen LogP) is 1.55. The number of carbonyl (C=O) groups excluding carboxylic acids is 1. The van der Waals surface area contributed by atoms with Crippen LogP contribution in [0.1, 0.15) is 16.1 Å². The van der Waals surface area contributed by atoms with Gasteiger partial charge in [-0.3, -0.25) is 14.9 Å². The number of hydrogen-bond donors (Lipinski definition) is 2. The summed E-state index contributed by atoms with van der Waals surface area (Å²) in [6.07, 6.45) is 1.50. The highest BCUT2D eigenvalue weighted by molar-refractivity contribution is 6.34. The maximum atomic E-state index is 12.0. The van der Waals surface area contributed by atoms with Crippen LogP contribution in [0.3, 0.4) is 0 Å². The molecule has 2 rings (SSSR count). The first-order valence-electron chi connectivity index (χ1n) is 5.77. The second-order valence-corrected chi connectivity index (χ2v) is 4.45. The Morgan fingerprint density at radius 3 is 2.86 bits per heavy atom. The molecule has 9 heteroatoms. The molecule has 0 saturated carbocycles. The molecule has 0 aliphatic rings. The number of non-ortho nitro benzene ring substituents is 1. The topological polar surface area (TPSA) is 124 Å². The van der Waals surface area contributed by atoms with E-state index in [4.69, 9.17) is 17.3 Å². The molecule has 2 aromatic rings. The summed E-state index contributed by atoms with van der Waals surface area (Å²) in [7, 11) is 0. The number of rotatable bonds is 4. The maximum absolute atomic E-state index is 12.0. The summed E-state index contributed by atoms with van der Waals surface area (Å²) in [6, 6.07) is 5.52. The standard InChI is InChI=1S/C12H10ClN5O3/c13-10-5-8(18(20)21)4-9(11(10)14)12(19)15-6-7-2-1-3-16-17-7/h1-5H,6,14H2,(H,15,19). The molecule has 0 atom stereocenters. The first kappa shape index (κ1) is 14.7. The highest BCUT2D eigenvalue weighted by atomic mass is 35.5. The molecule has 1 amide bonds. The minimum absolute atomic E-state index is 0.0149. The van der Waals surface area contributed by atoms with Gasteiger partial charge in [0.25, 0.3) is 11.6 Å². The second-order valence-electron chi connectivity index (χ2n) is 4.04. The van der Waals surface area contributed by atoms with Crippen molar-refractivity contribution in [1.82, 2.24) is 15.5 Å². The summed E-state index contributed by atoms with van der Waals surface area (Å²) in [5.41, 5.74) is 5.84. The summed E-state index contributed by atoms with van der Waals surface area (Å²) < 4.78 is 0. The molecule has 0 spiro atoms. The minimum atomic E-state index is -0.648. The molecule has 0 fully saturated rings. The molecule has 8 nitrogen and oxygen atoms in total. The Labute approximate surface area is 124 Å². The van der Waals surface area contributed by atoms with Gasteiger partial charge in [0.15, 0.2) is 0 Å². The van der Waals surface area contributed by atoms with Crippen LogP contribution in [0.15, 0.2) is 30.5 Å². The third kappa shape index (κ3) is 3.42. The van der Waals surface area contributed by atoms with E-state index in [1.807, 2.05) is 0 Å². The van der Waals surface area contributed by atoms with E-state index in [1.165, 1.54) is 6.20 Å². The van der Waals surface area contributed by atoms with Crippen LogP contribution in [-0.2, 0) is 6.54 Å². The zero-order valence-corrected chi connectivity index (χ0v) is 11.4. The van der Waals surface area contributed by atoms with Crippen LogP contribution in [0.25, 0.3) is 0 Å². The molecular weight excluding hydrogens is 298 g/mol. The Morgan fingerprint density at radius 1 is 1.48 bits per heavy atom. The smallest absolute Gasteiger partial charge is 0.271 e. The highest BCUT2D eigenvalue weighted by Crippen LogP contribution is 2.28. The third-order valence-electron chi connectivity index (χ3n) is 2.63. The fourth-order valence-electron chi connectivity index (χ4n) is 1.59. The van der Waals surface area contributed by atoms with E-state index >= 15 is 0 Å². The normalized spacial score (nSPS) is 10.1. The monoisotopic (exact) mass is 307 g/mol. The molecule has 0 aliphatic heterocycles. The number of nitrogen functional groups attached to an aromatic ring is 1. The summed E-state index contributed by atoms with van der Waals surface area (Å²) in [5, 5.41) is 20.7. The van der Waals surface area contributed by atoms with Crippen molar-refractivity contribution in [2.75, 3.05) is 5.73 Å². The Bertz CT molecular complexity index is 693. The van der Waals surface area contributed by atoms with Gasteiger partial charge < -0.3 is 11.1 Å². The minimum Gasteiger partial charge on any atom is -0.397 e. The number of hydrogen-bond acceptors (Lipinski definition) is 6. The molecule has 0 unspecified atom stereocenters. The number of carbonyl (C=O) groups is 1. The average Bonchev–Trinajstić information content (AvgIpc) is 2.48. The van der Waals surface area contributed by atoms with E-state index in [9.17, 15) is 14.9 Å². The van der Waals surface area contributed by atoms with Gasteiger partial charge >= 0.3 is 0 Å². The SMILES string of the molecule is Nc1c(Cl)cc([N+](=O)[O-])cc1C(=O)NCc1cccnn1. The lowest BCUT2D eigenvalue weighted by Gasteiger charge is -2.08. The lowest BCUT2D eigenvalue weighted by Crippen LogP contribution is -2.24. The number of nitrogens with one attached hydrogen (secondary N) is 1. The van der Waals surface area contributed by atoms with Crippen LogP contribution in [0.2, 0.25) is 5.02 Å². The van der Waals surface area contributed by atoms with Gasteiger partial charge in [-0.25, -0.2) is 0 Å². The number of aromatic nitrogens is 2. The molecule has 0 radical (unpaired) electrons. The van der Waals surface area contributed by atoms with Gasteiger partial charge in [-0.15, -0.1) is 0 Å². The zero-order chi connectivity index (χ0) is 15.4. The molecule has 108 valence electrons. The summed E-state index contributed by atoms with van der Waals surface area (Å²) in [4.78, 5) is 22.2. The third-order valence-corrected chi connectivity index (χ3v) is 2.94. The summed E-state index contributed by atoms with van der Waals surface area (Å²) >= 11 is 5.79. The Balaban J connectivity index is 2.21. The number of nitro groups is 1. The summed E-state index contributed by atoms with van der Waals surface area (Å²) in [5.74, 6) is -0.580. The highest BCUT2D eigenvalue weighted by Gasteiger charge is 2.18. The van der Waals surface area contributed by atoms with Gasteiger partial charge in [0.2, 0.25) is 0 Å². The molecular formula is C12H10ClN5O3. The van der Waals surface area contributed by atoms with Gasteiger partial charge in [-0.05, 0) is 12.1 Å². The average molecular weight is 308 g/mol. The van der Waals surface area contributed by atoms with Crippen LogP contribution in [0.4, 0.5) is 11.4 Å². The number of anilines is 1. The van der Waals surface area contributed by atoms with E-state index < -0.39 is 10.8 Å². The first-order valence-corrected chi connectivity index (χ1v) is 6.15. The van der Waals surface area contributed by atoms with Crippen molar-refractivity contribution in [3.8, 4) is 0 Å². The van der Waals surface area contributed by atoms with Crippen LogP contribution in [-0.4, -0.2) is 21.0 Å². The molecule has 0 aliphatic carbocycles. The first-order chi connectivity index (χ1) is 9.99. The van der Waals surface area contributed by atoms with Crippen molar-refractivity contribution in [2.24, 2.45) is 0 Å². The molecule has 3 N–H and O–H groups in total. The largest absolute Gasteiger partial charge is 0.397 e. The molecule has 1 heterocycles. The van der Waals surface area contributed by atoms with Crippen molar-refractivity contribution in [3.05, 3.63) is 56.9 Å². The van der Waals surface area contributed by atoms with Crippen molar-refractivity contribution >= 4 is 28.9 Å². The Kier molecular flexibility index (Phi) is 4.29. The van der Waals surface area contributed by atoms with Crippen LogP contribution >= 0.6 is 11.6 Å². The number of halogens is 1. The van der Waals surface area contributed by atoms with E-state index in [1.54, 1.807) is 12.1 Å². The van der Waals surface area contributed by atoms with Gasteiger partial charge in [-0.2, -0.15) is 10.2 Å². The van der Waals surface area contributed by atoms with Crippen molar-refractivity contribution < 1.29 is 9.72 Å².